The van der Waals surface area contributed by atoms with E-state index < -0.39 is 23.3 Å². The van der Waals surface area contributed by atoms with Gasteiger partial charge in [0.25, 0.3) is 17.7 Å². The summed E-state index contributed by atoms with van der Waals surface area (Å²) in [6.45, 7) is 1.43. The molecule has 3 rings (SSSR count). The molecule has 1 aliphatic heterocycles. The maximum Gasteiger partial charge on any atom is 0.278 e. The first-order valence-corrected chi connectivity index (χ1v) is 9.28. The first-order valence-electron chi connectivity index (χ1n) is 9.28. The van der Waals surface area contributed by atoms with Gasteiger partial charge in [0.05, 0.1) is 0 Å². The van der Waals surface area contributed by atoms with Crippen molar-refractivity contribution in [3.8, 4) is 23.3 Å². The fourth-order valence-electron chi connectivity index (χ4n) is 2.97. The Labute approximate surface area is 178 Å². The van der Waals surface area contributed by atoms with Crippen LogP contribution in [0.25, 0.3) is 0 Å². The number of nitrogens with zero attached hydrogens (tertiary/aromatic N) is 1. The lowest BCUT2D eigenvalue weighted by molar-refractivity contribution is -0.148. The third kappa shape index (κ3) is 4.15. The molecule has 1 aliphatic rings. The lowest BCUT2D eigenvalue weighted by atomic mass is 9.96. The molecule has 2 aromatic rings. The first kappa shape index (κ1) is 21.7. The molecule has 1 heterocycles. The van der Waals surface area contributed by atoms with Crippen LogP contribution in [-0.4, -0.2) is 54.3 Å². The molecule has 0 spiro atoms. The number of nitrogens with one attached hydrogen (secondary N) is 2. The van der Waals surface area contributed by atoms with Gasteiger partial charge in [0.2, 0.25) is 6.79 Å². The van der Waals surface area contributed by atoms with Crippen molar-refractivity contribution in [3.05, 3.63) is 59.2 Å². The molecule has 0 saturated carbocycles. The Morgan fingerprint density at radius 3 is 2.26 bits per heavy atom. The highest BCUT2D eigenvalue weighted by Gasteiger charge is 2.47. The summed E-state index contributed by atoms with van der Waals surface area (Å²) in [6, 6.07) is 11.8. The zero-order chi connectivity index (χ0) is 22.6. The van der Waals surface area contributed by atoms with Crippen LogP contribution in [-0.2, 0) is 9.59 Å². The number of rotatable bonds is 4. The van der Waals surface area contributed by atoms with Crippen molar-refractivity contribution in [2.24, 2.45) is 0 Å². The van der Waals surface area contributed by atoms with Crippen molar-refractivity contribution in [1.82, 2.24) is 15.7 Å². The van der Waals surface area contributed by atoms with Gasteiger partial charge in [-0.2, -0.15) is 0 Å². The van der Waals surface area contributed by atoms with Gasteiger partial charge in [-0.3, -0.25) is 19.6 Å². The standard InChI is InChI=1S/C22H21N3O6/c1-22(20(27)23-2,21(28)24-29)25(3)19(26)16-9-6-14(7-10-16)4-5-15-8-11-17-18(12-15)31-13-30-17/h6-12,29H,13H2,1-3H3,(H,23,27)(H,24,28)/t22-/m0/s1. The zero-order valence-electron chi connectivity index (χ0n) is 17.2. The molecule has 9 heteroatoms. The molecule has 0 unspecified atom stereocenters. The Morgan fingerprint density at radius 1 is 1.00 bits per heavy atom. The van der Waals surface area contributed by atoms with Crippen molar-refractivity contribution in [2.75, 3.05) is 20.9 Å². The summed E-state index contributed by atoms with van der Waals surface area (Å²) < 4.78 is 10.6. The fourth-order valence-corrected chi connectivity index (χ4v) is 2.97. The van der Waals surface area contributed by atoms with Gasteiger partial charge in [-0.1, -0.05) is 11.8 Å². The number of hydrogen-bond acceptors (Lipinski definition) is 6. The normalized spacial score (nSPS) is 13.3. The van der Waals surface area contributed by atoms with Crippen LogP contribution < -0.4 is 20.3 Å². The highest BCUT2D eigenvalue weighted by Crippen LogP contribution is 2.32. The molecular formula is C22H21N3O6. The number of hydroxylamine groups is 1. The summed E-state index contributed by atoms with van der Waals surface area (Å²) in [6.07, 6.45) is 0. The maximum absolute atomic E-state index is 12.9. The smallest absolute Gasteiger partial charge is 0.278 e. The van der Waals surface area contributed by atoms with Gasteiger partial charge < -0.3 is 19.7 Å². The predicted molar refractivity (Wildman–Crippen MR) is 109 cm³/mol. The van der Waals surface area contributed by atoms with Crippen molar-refractivity contribution in [1.29, 1.82) is 0 Å². The predicted octanol–water partition coefficient (Wildman–Crippen LogP) is 0.897. The van der Waals surface area contributed by atoms with E-state index in [9.17, 15) is 14.4 Å². The molecule has 0 aliphatic carbocycles. The van der Waals surface area contributed by atoms with Gasteiger partial charge in [-0.05, 0) is 49.4 Å². The molecule has 3 amide bonds. The van der Waals surface area contributed by atoms with E-state index in [1.54, 1.807) is 36.4 Å². The zero-order valence-corrected chi connectivity index (χ0v) is 17.2. The van der Waals surface area contributed by atoms with Gasteiger partial charge in [-0.15, -0.1) is 0 Å². The largest absolute Gasteiger partial charge is 0.454 e. The van der Waals surface area contributed by atoms with Crippen LogP contribution in [0.5, 0.6) is 11.5 Å². The van der Waals surface area contributed by atoms with Crippen LogP contribution in [0.3, 0.4) is 0 Å². The SMILES string of the molecule is CNC(=O)[C@@](C)(C(=O)NO)N(C)C(=O)c1ccc(C#Cc2ccc3c(c2)OCO3)cc1. The van der Waals surface area contributed by atoms with Crippen molar-refractivity contribution in [3.63, 3.8) is 0 Å². The summed E-state index contributed by atoms with van der Waals surface area (Å²) >= 11 is 0. The molecule has 3 N–H and O–H groups in total. The molecule has 1 atom stereocenters. The minimum absolute atomic E-state index is 0.190. The topological polar surface area (TPSA) is 117 Å². The van der Waals surface area contributed by atoms with E-state index in [0.717, 1.165) is 10.5 Å². The number of fused-ring (bicyclic) bond motifs is 1. The third-order valence-electron chi connectivity index (χ3n) is 5.04. The number of benzene rings is 2. The Balaban J connectivity index is 1.78. The van der Waals surface area contributed by atoms with Gasteiger partial charge in [-0.25, -0.2) is 5.48 Å². The average Bonchev–Trinajstić information content (AvgIpc) is 3.28. The number of likely N-dealkylation sites (N-methyl/N-ethyl adjacent to an activating group) is 2. The molecule has 160 valence electrons. The lowest BCUT2D eigenvalue weighted by Gasteiger charge is -2.34. The molecule has 2 aromatic carbocycles. The van der Waals surface area contributed by atoms with Crippen molar-refractivity contribution < 1.29 is 29.1 Å². The second kappa shape index (κ2) is 8.77. The fraction of sp³-hybridized carbons (Fsp3) is 0.227. The van der Waals surface area contributed by atoms with E-state index in [2.05, 4.69) is 17.2 Å². The molecular weight excluding hydrogens is 402 g/mol. The van der Waals surface area contributed by atoms with Crippen molar-refractivity contribution in [2.45, 2.75) is 12.5 Å². The van der Waals surface area contributed by atoms with Gasteiger partial charge in [0.1, 0.15) is 0 Å². The molecule has 0 aromatic heterocycles. The highest BCUT2D eigenvalue weighted by atomic mass is 16.7. The highest BCUT2D eigenvalue weighted by molar-refractivity contribution is 6.12. The minimum Gasteiger partial charge on any atom is -0.454 e. The lowest BCUT2D eigenvalue weighted by Crippen LogP contribution is -2.64. The number of carbonyl (C=O) groups excluding carboxylic acids is 3. The van der Waals surface area contributed by atoms with E-state index in [-0.39, 0.29) is 12.4 Å². The van der Waals surface area contributed by atoms with Gasteiger partial charge in [0.15, 0.2) is 17.0 Å². The molecule has 9 nitrogen and oxygen atoms in total. The molecule has 0 fully saturated rings. The Bertz CT molecular complexity index is 1070. The number of ether oxygens (including phenoxy) is 2. The summed E-state index contributed by atoms with van der Waals surface area (Å²) in [5.74, 6) is 4.97. The summed E-state index contributed by atoms with van der Waals surface area (Å²) in [7, 11) is 2.64. The second-order valence-corrected chi connectivity index (χ2v) is 6.85. The second-order valence-electron chi connectivity index (χ2n) is 6.85. The molecule has 0 bridgehead atoms. The minimum atomic E-state index is -1.95. The molecule has 31 heavy (non-hydrogen) atoms. The maximum atomic E-state index is 12.9. The number of amides is 3. The quantitative estimate of drug-likeness (QED) is 0.291. The van der Waals surface area contributed by atoms with E-state index in [1.807, 2.05) is 6.07 Å². The van der Waals surface area contributed by atoms with E-state index in [4.69, 9.17) is 14.7 Å². The Kier molecular flexibility index (Phi) is 6.13. The number of hydrogen-bond donors (Lipinski definition) is 3. The summed E-state index contributed by atoms with van der Waals surface area (Å²) in [5, 5.41) is 11.3. The van der Waals surface area contributed by atoms with Crippen LogP contribution in [0.2, 0.25) is 0 Å². The van der Waals surface area contributed by atoms with Crippen LogP contribution >= 0.6 is 0 Å². The Hall–Kier alpha value is -4.03. The van der Waals surface area contributed by atoms with Crippen LogP contribution in [0.15, 0.2) is 42.5 Å². The average molecular weight is 423 g/mol. The molecule has 0 saturated heterocycles. The number of carbonyl (C=O) groups is 3. The van der Waals surface area contributed by atoms with Crippen LogP contribution in [0.4, 0.5) is 0 Å². The Morgan fingerprint density at radius 2 is 1.61 bits per heavy atom. The summed E-state index contributed by atoms with van der Waals surface area (Å²) in [4.78, 5) is 38.2. The van der Waals surface area contributed by atoms with E-state index >= 15 is 0 Å². The first-order chi connectivity index (χ1) is 14.8. The van der Waals surface area contributed by atoms with E-state index in [1.165, 1.54) is 26.5 Å². The van der Waals surface area contributed by atoms with Gasteiger partial charge in [0, 0.05) is 30.8 Å². The van der Waals surface area contributed by atoms with Crippen molar-refractivity contribution >= 4 is 17.7 Å². The molecule has 0 radical (unpaired) electrons. The van der Waals surface area contributed by atoms with Crippen LogP contribution in [0, 0.1) is 11.8 Å². The van der Waals surface area contributed by atoms with Gasteiger partial charge >= 0.3 is 0 Å². The van der Waals surface area contributed by atoms with Crippen LogP contribution in [0.1, 0.15) is 28.4 Å². The van der Waals surface area contributed by atoms with E-state index in [0.29, 0.717) is 17.1 Å². The third-order valence-corrected chi connectivity index (χ3v) is 5.04. The summed E-state index contributed by atoms with van der Waals surface area (Å²) in [5.41, 5.74) is 1.15. The monoisotopic (exact) mass is 423 g/mol.